The van der Waals surface area contributed by atoms with Gasteiger partial charge in [-0.1, -0.05) is 70.0 Å². The minimum Gasteiger partial charge on any atom is -0.480 e. The van der Waals surface area contributed by atoms with Crippen molar-refractivity contribution >= 4 is 27.7 Å². The van der Waals surface area contributed by atoms with Crippen LogP contribution < -0.4 is 10.2 Å². The highest BCUT2D eigenvalue weighted by atomic mass is 32.2. The van der Waals surface area contributed by atoms with E-state index in [4.69, 9.17) is 4.74 Å². The molecule has 0 aliphatic heterocycles. The van der Waals surface area contributed by atoms with E-state index in [9.17, 15) is 27.5 Å². The van der Waals surface area contributed by atoms with Gasteiger partial charge in [0, 0.05) is 6.54 Å². The molecule has 0 spiro atoms. The van der Waals surface area contributed by atoms with Crippen molar-refractivity contribution in [2.45, 2.75) is 88.6 Å². The average molecular weight is 628 g/mol. The molecule has 0 saturated carbocycles. The number of benzene rings is 2. The zero-order chi connectivity index (χ0) is 32.7. The number of carboxylic acids is 1. The van der Waals surface area contributed by atoms with Gasteiger partial charge < -0.3 is 9.84 Å². The van der Waals surface area contributed by atoms with Crippen LogP contribution in [0.25, 0.3) is 0 Å². The first-order valence-corrected chi connectivity index (χ1v) is 16.1. The maximum absolute atomic E-state index is 14.1. The lowest BCUT2D eigenvalue weighted by atomic mass is 9.80. The summed E-state index contributed by atoms with van der Waals surface area (Å²) in [7, 11) is -4.27. The first kappa shape index (κ1) is 34.7. The lowest BCUT2D eigenvalue weighted by molar-refractivity contribution is -0.135. The number of halogens is 1. The number of amides is 1. The highest BCUT2D eigenvalue weighted by molar-refractivity contribution is 7.91. The molecule has 1 aromatic heterocycles. The normalized spacial score (nSPS) is 12.9. The minimum atomic E-state index is -4.27. The Morgan fingerprint density at radius 3 is 2.27 bits per heavy atom. The lowest BCUT2D eigenvalue weighted by Gasteiger charge is -2.27. The summed E-state index contributed by atoms with van der Waals surface area (Å²) in [4.78, 5) is 29.5. The van der Waals surface area contributed by atoms with Crippen LogP contribution in [0.4, 0.5) is 15.0 Å². The monoisotopic (exact) mass is 627 g/mol. The smallest absolute Gasteiger partial charge is 0.416 e. The van der Waals surface area contributed by atoms with Crippen LogP contribution in [0.3, 0.4) is 0 Å². The van der Waals surface area contributed by atoms with Crippen LogP contribution in [0.15, 0.2) is 71.6 Å². The third kappa shape index (κ3) is 9.33. The number of hydrogen-bond donors (Lipinski definition) is 2. The molecule has 0 saturated heterocycles. The van der Waals surface area contributed by atoms with Gasteiger partial charge in [0.1, 0.15) is 23.8 Å². The number of ether oxygens (including phenoxy) is 1. The molecule has 3 rings (SSSR count). The molecule has 238 valence electrons. The van der Waals surface area contributed by atoms with E-state index >= 15 is 0 Å². The number of carbonyl (C=O) groups excluding carboxylic acids is 1. The fourth-order valence-corrected chi connectivity index (χ4v) is 6.20. The topological polar surface area (TPSA) is 126 Å². The molecule has 0 fully saturated rings. The second-order valence-corrected chi connectivity index (χ2v) is 14.4. The van der Waals surface area contributed by atoms with Crippen LogP contribution in [0.1, 0.15) is 83.0 Å². The molecule has 9 nitrogen and oxygen atoms in total. The summed E-state index contributed by atoms with van der Waals surface area (Å²) in [6.07, 6.45) is 2.30. The van der Waals surface area contributed by atoms with Crippen LogP contribution in [0.2, 0.25) is 0 Å². The van der Waals surface area contributed by atoms with Crippen molar-refractivity contribution in [1.82, 2.24) is 10.3 Å². The van der Waals surface area contributed by atoms with Crippen molar-refractivity contribution in [2.75, 3.05) is 11.4 Å². The summed E-state index contributed by atoms with van der Waals surface area (Å²) in [5.74, 6) is -2.14. The first-order valence-electron chi connectivity index (χ1n) is 14.5. The van der Waals surface area contributed by atoms with E-state index in [-0.39, 0.29) is 28.4 Å². The highest BCUT2D eigenvalue weighted by Crippen LogP contribution is 2.31. The summed E-state index contributed by atoms with van der Waals surface area (Å²) >= 11 is 0. The van der Waals surface area contributed by atoms with Crippen molar-refractivity contribution in [2.24, 2.45) is 0 Å². The van der Waals surface area contributed by atoms with Gasteiger partial charge in [-0.3, -0.25) is 15.0 Å². The van der Waals surface area contributed by atoms with Crippen LogP contribution >= 0.6 is 0 Å². The van der Waals surface area contributed by atoms with Gasteiger partial charge in [0.05, 0.1) is 10.6 Å². The van der Waals surface area contributed by atoms with E-state index in [1.807, 2.05) is 24.3 Å². The second-order valence-electron chi connectivity index (χ2n) is 12.3. The zero-order valence-corrected chi connectivity index (χ0v) is 26.9. The molecule has 44 heavy (non-hydrogen) atoms. The van der Waals surface area contributed by atoms with E-state index in [2.05, 4.69) is 31.1 Å². The Morgan fingerprint density at radius 2 is 1.68 bits per heavy atom. The summed E-state index contributed by atoms with van der Waals surface area (Å²) in [6, 6.07) is 16.9. The fourth-order valence-electron chi connectivity index (χ4n) is 4.63. The minimum absolute atomic E-state index is 0.00838. The number of nitrogens with one attached hydrogen (secondary N) is 1. The predicted octanol–water partition coefficient (Wildman–Crippen LogP) is 6.78. The molecule has 11 heteroatoms. The number of hydrogen-bond acceptors (Lipinski definition) is 7. The van der Waals surface area contributed by atoms with Crippen molar-refractivity contribution in [3.05, 3.63) is 89.4 Å². The highest BCUT2D eigenvalue weighted by Gasteiger charge is 2.32. The summed E-state index contributed by atoms with van der Waals surface area (Å²) in [5, 5.41) is 11.1. The quantitative estimate of drug-likeness (QED) is 0.213. The molecule has 1 heterocycles. The SMILES string of the molecule is CCCCC(C)(C)c1ccc(CNC(c2cccc(N(CC(=O)O)C(=O)OC(C)(C)C)n2)S(=O)(=O)c2cccc(F)c2)cc1. The molecule has 1 atom stereocenters. The van der Waals surface area contributed by atoms with Crippen LogP contribution in [-0.2, 0) is 31.3 Å². The number of nitrogens with zero attached hydrogens (tertiary/aromatic N) is 2. The Bertz CT molecular complexity index is 1550. The molecule has 0 aliphatic carbocycles. The van der Waals surface area contributed by atoms with E-state index in [0.717, 1.165) is 41.9 Å². The molecular formula is C33H42FN3O6S. The number of carboxylic acid groups (broad SMARTS) is 1. The van der Waals surface area contributed by atoms with E-state index < -0.39 is 45.2 Å². The molecule has 2 N–H and O–H groups in total. The van der Waals surface area contributed by atoms with Gasteiger partial charge in [0.2, 0.25) is 0 Å². The molecule has 1 unspecified atom stereocenters. The number of unbranched alkanes of at least 4 members (excludes halogenated alkanes) is 1. The lowest BCUT2D eigenvalue weighted by Crippen LogP contribution is -2.40. The number of aromatic nitrogens is 1. The number of rotatable bonds is 13. The Labute approximate surface area is 259 Å². The van der Waals surface area contributed by atoms with Crippen LogP contribution in [-0.4, -0.2) is 42.7 Å². The zero-order valence-electron chi connectivity index (χ0n) is 26.1. The van der Waals surface area contributed by atoms with Gasteiger partial charge in [-0.25, -0.2) is 22.6 Å². The molecule has 2 aromatic carbocycles. The Balaban J connectivity index is 2.01. The van der Waals surface area contributed by atoms with Crippen LogP contribution in [0.5, 0.6) is 0 Å². The average Bonchev–Trinajstić information content (AvgIpc) is 2.94. The summed E-state index contributed by atoms with van der Waals surface area (Å²) in [6.45, 7) is 10.8. The van der Waals surface area contributed by atoms with Crippen LogP contribution in [0, 0.1) is 5.82 Å². The molecule has 1 amide bonds. The van der Waals surface area contributed by atoms with Gasteiger partial charge in [0.25, 0.3) is 0 Å². The van der Waals surface area contributed by atoms with Gasteiger partial charge in [-0.05, 0) is 74.1 Å². The molecule has 0 bridgehead atoms. The third-order valence-electron chi connectivity index (χ3n) is 7.03. The molecular weight excluding hydrogens is 585 g/mol. The van der Waals surface area contributed by atoms with Crippen molar-refractivity contribution < 1.29 is 32.2 Å². The van der Waals surface area contributed by atoms with Gasteiger partial charge >= 0.3 is 12.1 Å². The van der Waals surface area contributed by atoms with E-state index in [0.29, 0.717) is 0 Å². The van der Waals surface area contributed by atoms with Crippen molar-refractivity contribution in [1.29, 1.82) is 0 Å². The maximum Gasteiger partial charge on any atom is 0.416 e. The molecule has 0 radical (unpaired) electrons. The fraction of sp³-hybridized carbons (Fsp3) is 0.424. The Morgan fingerprint density at radius 1 is 1.02 bits per heavy atom. The van der Waals surface area contributed by atoms with E-state index in [1.165, 1.54) is 35.9 Å². The van der Waals surface area contributed by atoms with Gasteiger partial charge in [-0.2, -0.15) is 0 Å². The largest absolute Gasteiger partial charge is 0.480 e. The van der Waals surface area contributed by atoms with E-state index in [1.54, 1.807) is 20.8 Å². The first-order chi connectivity index (χ1) is 20.5. The van der Waals surface area contributed by atoms with Crippen molar-refractivity contribution in [3.8, 4) is 0 Å². The predicted molar refractivity (Wildman–Crippen MR) is 168 cm³/mol. The molecule has 0 aliphatic rings. The number of aliphatic carboxylic acids is 1. The number of pyridine rings is 1. The maximum atomic E-state index is 14.1. The third-order valence-corrected chi connectivity index (χ3v) is 8.97. The van der Waals surface area contributed by atoms with Gasteiger partial charge in [-0.15, -0.1) is 0 Å². The standard InChI is InChI=1S/C33H42FN3O6S/c1-7-8-19-33(5,6)24-17-15-23(16-18-24)21-35-30(44(41,42)26-12-9-11-25(34)20-26)27-13-10-14-28(36-27)37(22-29(38)39)31(40)43-32(2,3)4/h9-18,20,30,35H,7-8,19,21-22H2,1-6H3,(H,38,39). The summed E-state index contributed by atoms with van der Waals surface area (Å²) < 4.78 is 47.3. The van der Waals surface area contributed by atoms with Gasteiger partial charge in [0.15, 0.2) is 15.2 Å². The summed E-state index contributed by atoms with van der Waals surface area (Å²) in [5.41, 5.74) is 1.05. The number of sulfone groups is 1. The number of carbonyl (C=O) groups is 2. The second kappa shape index (κ2) is 14.3. The van der Waals surface area contributed by atoms with Crippen molar-refractivity contribution in [3.63, 3.8) is 0 Å². The number of anilines is 1. The Kier molecular flexibility index (Phi) is 11.3. The molecule has 3 aromatic rings. The Hall–Kier alpha value is -3.83.